The van der Waals surface area contributed by atoms with Gasteiger partial charge in [0.1, 0.15) is 5.82 Å². The van der Waals surface area contributed by atoms with Crippen molar-refractivity contribution >= 4 is 11.5 Å². The van der Waals surface area contributed by atoms with Gasteiger partial charge in [-0.25, -0.2) is 4.98 Å². The maximum Gasteiger partial charge on any atom is 0.126 e. The highest BCUT2D eigenvalue weighted by Gasteiger charge is 1.96. The molecule has 0 aliphatic rings. The van der Waals surface area contributed by atoms with Crippen molar-refractivity contribution in [1.29, 1.82) is 0 Å². The van der Waals surface area contributed by atoms with Crippen LogP contribution in [0, 0.1) is 6.92 Å². The van der Waals surface area contributed by atoms with Crippen molar-refractivity contribution in [1.82, 2.24) is 4.98 Å². The average Bonchev–Trinajstić information content (AvgIpc) is 2.18. The molecule has 0 atom stereocenters. The largest absolute Gasteiger partial charge is 0.397 e. The second-order valence-electron chi connectivity index (χ2n) is 2.99. The predicted octanol–water partition coefficient (Wildman–Crippen LogP) is 1.42. The zero-order chi connectivity index (χ0) is 10.4. The van der Waals surface area contributed by atoms with E-state index < -0.39 is 0 Å². The third-order valence-electron chi connectivity index (χ3n) is 1.88. The summed E-state index contributed by atoms with van der Waals surface area (Å²) in [6.45, 7) is 6.08. The molecule has 0 aliphatic carbocycles. The minimum absolute atomic E-state index is 0.696. The lowest BCUT2D eigenvalue weighted by molar-refractivity contribution is 0.158. The summed E-state index contributed by atoms with van der Waals surface area (Å²) >= 11 is 0. The van der Waals surface area contributed by atoms with E-state index in [1.165, 1.54) is 0 Å². The topological polar surface area (TPSA) is 60.2 Å². The Morgan fingerprint density at radius 1 is 1.50 bits per heavy atom. The molecule has 14 heavy (non-hydrogen) atoms. The van der Waals surface area contributed by atoms with Gasteiger partial charge in [-0.3, -0.25) is 0 Å². The van der Waals surface area contributed by atoms with E-state index in [1.54, 1.807) is 0 Å². The fraction of sp³-hybridized carbons (Fsp3) is 0.500. The molecule has 0 bridgehead atoms. The second kappa shape index (κ2) is 5.44. The molecule has 1 heterocycles. The summed E-state index contributed by atoms with van der Waals surface area (Å²) in [5, 5.41) is 3.16. The summed E-state index contributed by atoms with van der Waals surface area (Å²) in [5.74, 6) is 0.844. The number of nitrogen functional groups attached to an aromatic ring is 1. The van der Waals surface area contributed by atoms with Crippen LogP contribution in [0.3, 0.4) is 0 Å². The summed E-state index contributed by atoms with van der Waals surface area (Å²) in [6, 6.07) is 3.72. The van der Waals surface area contributed by atoms with Gasteiger partial charge in [0.05, 0.1) is 18.0 Å². The van der Waals surface area contributed by atoms with Gasteiger partial charge in [-0.05, 0) is 26.0 Å². The van der Waals surface area contributed by atoms with Gasteiger partial charge in [0.2, 0.25) is 0 Å². The molecule has 78 valence electrons. The molecule has 0 amide bonds. The Morgan fingerprint density at radius 2 is 2.29 bits per heavy atom. The Labute approximate surface area is 84.5 Å². The standard InChI is InChI=1S/C10H17N3O/c1-3-14-7-6-12-10-5-4-9(11)8(2)13-10/h4-5H,3,6-7,11H2,1-2H3,(H,12,13). The van der Waals surface area contributed by atoms with Crippen LogP contribution < -0.4 is 11.1 Å². The zero-order valence-electron chi connectivity index (χ0n) is 8.71. The quantitative estimate of drug-likeness (QED) is 0.698. The SMILES string of the molecule is CCOCCNc1ccc(N)c(C)n1. The normalized spacial score (nSPS) is 10.1. The molecule has 0 saturated carbocycles. The number of nitrogens with two attached hydrogens (primary N) is 1. The Morgan fingerprint density at radius 3 is 2.93 bits per heavy atom. The Hall–Kier alpha value is -1.29. The van der Waals surface area contributed by atoms with E-state index in [-0.39, 0.29) is 0 Å². The molecular weight excluding hydrogens is 178 g/mol. The van der Waals surface area contributed by atoms with Crippen LogP contribution in [0.1, 0.15) is 12.6 Å². The Bertz CT molecular complexity index is 289. The monoisotopic (exact) mass is 195 g/mol. The van der Waals surface area contributed by atoms with Crippen LogP contribution in [0.2, 0.25) is 0 Å². The number of hydrogen-bond donors (Lipinski definition) is 2. The van der Waals surface area contributed by atoms with Crippen LogP contribution in [0.5, 0.6) is 0 Å². The summed E-state index contributed by atoms with van der Waals surface area (Å²) in [4.78, 5) is 4.28. The van der Waals surface area contributed by atoms with Crippen LogP contribution in [-0.2, 0) is 4.74 Å². The number of aryl methyl sites for hydroxylation is 1. The molecule has 4 heteroatoms. The number of anilines is 2. The molecular formula is C10H17N3O. The van der Waals surface area contributed by atoms with Crippen LogP contribution >= 0.6 is 0 Å². The molecule has 4 nitrogen and oxygen atoms in total. The van der Waals surface area contributed by atoms with Gasteiger partial charge in [0.15, 0.2) is 0 Å². The van der Waals surface area contributed by atoms with Crippen molar-refractivity contribution in [2.24, 2.45) is 0 Å². The van der Waals surface area contributed by atoms with Gasteiger partial charge in [-0.2, -0.15) is 0 Å². The molecule has 1 aromatic heterocycles. The smallest absolute Gasteiger partial charge is 0.126 e. The fourth-order valence-corrected chi connectivity index (χ4v) is 1.07. The van der Waals surface area contributed by atoms with Crippen LogP contribution in [0.4, 0.5) is 11.5 Å². The first-order chi connectivity index (χ1) is 6.74. The van der Waals surface area contributed by atoms with Gasteiger partial charge >= 0.3 is 0 Å². The highest BCUT2D eigenvalue weighted by atomic mass is 16.5. The van der Waals surface area contributed by atoms with E-state index in [2.05, 4.69) is 10.3 Å². The molecule has 0 saturated heterocycles. The van der Waals surface area contributed by atoms with Gasteiger partial charge in [-0.1, -0.05) is 0 Å². The minimum atomic E-state index is 0.696. The Balaban J connectivity index is 2.39. The molecule has 1 aromatic rings. The average molecular weight is 195 g/mol. The van der Waals surface area contributed by atoms with Crippen LogP contribution in [0.15, 0.2) is 12.1 Å². The first kappa shape index (κ1) is 10.8. The molecule has 3 N–H and O–H groups in total. The van der Waals surface area contributed by atoms with Gasteiger partial charge in [-0.15, -0.1) is 0 Å². The maximum absolute atomic E-state index is 5.65. The lowest BCUT2D eigenvalue weighted by atomic mass is 10.3. The Kier molecular flexibility index (Phi) is 4.19. The first-order valence-electron chi connectivity index (χ1n) is 4.78. The first-order valence-corrected chi connectivity index (χ1v) is 4.78. The summed E-state index contributed by atoms with van der Waals surface area (Å²) < 4.78 is 5.19. The second-order valence-corrected chi connectivity index (χ2v) is 2.99. The van der Waals surface area contributed by atoms with E-state index in [9.17, 15) is 0 Å². The number of nitrogens with zero attached hydrogens (tertiary/aromatic N) is 1. The third-order valence-corrected chi connectivity index (χ3v) is 1.88. The molecule has 0 radical (unpaired) electrons. The number of pyridine rings is 1. The minimum Gasteiger partial charge on any atom is -0.397 e. The van der Waals surface area contributed by atoms with Crippen molar-refractivity contribution in [2.75, 3.05) is 30.8 Å². The van der Waals surface area contributed by atoms with Crippen molar-refractivity contribution in [3.05, 3.63) is 17.8 Å². The molecule has 0 fully saturated rings. The number of aromatic nitrogens is 1. The summed E-state index contributed by atoms with van der Waals surface area (Å²) in [7, 11) is 0. The van der Waals surface area contributed by atoms with Crippen LogP contribution in [0.25, 0.3) is 0 Å². The number of rotatable bonds is 5. The lowest BCUT2D eigenvalue weighted by Gasteiger charge is -2.07. The van der Waals surface area contributed by atoms with E-state index in [0.717, 1.165) is 30.4 Å². The third kappa shape index (κ3) is 3.22. The fourth-order valence-electron chi connectivity index (χ4n) is 1.07. The summed E-state index contributed by atoms with van der Waals surface area (Å²) in [5.41, 5.74) is 7.23. The molecule has 1 rings (SSSR count). The maximum atomic E-state index is 5.65. The highest BCUT2D eigenvalue weighted by Crippen LogP contribution is 2.11. The van der Waals surface area contributed by atoms with Crippen molar-refractivity contribution in [3.63, 3.8) is 0 Å². The van der Waals surface area contributed by atoms with E-state index in [4.69, 9.17) is 10.5 Å². The molecule has 0 unspecified atom stereocenters. The van der Waals surface area contributed by atoms with Crippen molar-refractivity contribution in [2.45, 2.75) is 13.8 Å². The van der Waals surface area contributed by atoms with Crippen molar-refractivity contribution < 1.29 is 4.74 Å². The summed E-state index contributed by atoms with van der Waals surface area (Å²) in [6.07, 6.45) is 0. The predicted molar refractivity (Wildman–Crippen MR) is 58.4 cm³/mol. The van der Waals surface area contributed by atoms with Crippen LogP contribution in [-0.4, -0.2) is 24.7 Å². The van der Waals surface area contributed by atoms with E-state index in [0.29, 0.717) is 6.61 Å². The lowest BCUT2D eigenvalue weighted by Crippen LogP contribution is -2.10. The number of ether oxygens (including phenoxy) is 1. The number of nitrogens with one attached hydrogen (secondary N) is 1. The molecule has 0 aromatic carbocycles. The van der Waals surface area contributed by atoms with Gasteiger partial charge < -0.3 is 15.8 Å². The van der Waals surface area contributed by atoms with Crippen molar-refractivity contribution in [3.8, 4) is 0 Å². The molecule has 0 spiro atoms. The van der Waals surface area contributed by atoms with E-state index >= 15 is 0 Å². The van der Waals surface area contributed by atoms with Gasteiger partial charge in [0.25, 0.3) is 0 Å². The molecule has 0 aliphatic heterocycles. The van der Waals surface area contributed by atoms with E-state index in [1.807, 2.05) is 26.0 Å². The zero-order valence-corrected chi connectivity index (χ0v) is 8.71. The number of hydrogen-bond acceptors (Lipinski definition) is 4. The van der Waals surface area contributed by atoms with Gasteiger partial charge in [0, 0.05) is 13.2 Å². The highest BCUT2D eigenvalue weighted by molar-refractivity contribution is 5.48.